The summed E-state index contributed by atoms with van der Waals surface area (Å²) in [6, 6.07) is 7.14. The lowest BCUT2D eigenvalue weighted by Crippen LogP contribution is -2.27. The van der Waals surface area contributed by atoms with Gasteiger partial charge in [0, 0.05) is 22.3 Å². The average Bonchev–Trinajstić information content (AvgIpc) is 3.10. The molecule has 0 bridgehead atoms. The van der Waals surface area contributed by atoms with Crippen molar-refractivity contribution in [1.82, 2.24) is 9.97 Å². The standard InChI is InChI=1S/C24H32ClN5O3S/c1-4-7-17(8-5-2)23(32)27-21-19-14-20(31)30(15-16-9-11-18(25)12-10-16)22(19)29-24(28-21)34(26,33)13-6-3/h9-12,17,26H,4-8,13-15H2,1-3H3,(H,27,28,29,32). The first-order chi connectivity index (χ1) is 16.2. The maximum absolute atomic E-state index is 13.1. The van der Waals surface area contributed by atoms with Crippen molar-refractivity contribution in [2.24, 2.45) is 5.92 Å². The van der Waals surface area contributed by atoms with E-state index in [1.54, 1.807) is 12.1 Å². The van der Waals surface area contributed by atoms with Crippen LogP contribution in [0.15, 0.2) is 29.4 Å². The molecule has 1 aromatic carbocycles. The molecule has 10 heteroatoms. The topological polar surface area (TPSA) is 116 Å². The zero-order valence-electron chi connectivity index (χ0n) is 19.9. The number of nitrogens with one attached hydrogen (secondary N) is 2. The highest BCUT2D eigenvalue weighted by molar-refractivity contribution is 7.92. The van der Waals surface area contributed by atoms with Crippen LogP contribution in [-0.2, 0) is 32.3 Å². The molecule has 1 aliphatic heterocycles. The molecule has 2 heterocycles. The van der Waals surface area contributed by atoms with E-state index in [0.717, 1.165) is 31.2 Å². The number of amides is 2. The van der Waals surface area contributed by atoms with Gasteiger partial charge in [0.1, 0.15) is 21.4 Å². The molecule has 0 saturated carbocycles. The first-order valence-corrected chi connectivity index (χ1v) is 13.8. The molecule has 8 nitrogen and oxygen atoms in total. The molecular weight excluding hydrogens is 474 g/mol. The summed E-state index contributed by atoms with van der Waals surface area (Å²) in [5.41, 5.74) is 1.34. The number of rotatable bonds is 11. The second-order valence-electron chi connectivity index (χ2n) is 8.58. The van der Waals surface area contributed by atoms with E-state index in [0.29, 0.717) is 22.8 Å². The molecule has 184 valence electrons. The van der Waals surface area contributed by atoms with Gasteiger partial charge in [-0.3, -0.25) is 14.5 Å². The van der Waals surface area contributed by atoms with Crippen LogP contribution in [0.4, 0.5) is 11.6 Å². The van der Waals surface area contributed by atoms with E-state index in [1.807, 2.05) is 32.9 Å². The lowest BCUT2D eigenvalue weighted by molar-refractivity contribution is -0.120. The number of benzene rings is 1. The number of halogens is 1. The molecular formula is C24H32ClN5O3S. The zero-order chi connectivity index (χ0) is 24.9. The Morgan fingerprint density at radius 1 is 1.15 bits per heavy atom. The molecule has 0 radical (unpaired) electrons. The van der Waals surface area contributed by atoms with E-state index in [1.165, 1.54) is 4.90 Å². The van der Waals surface area contributed by atoms with Crippen LogP contribution in [-0.4, -0.2) is 31.7 Å². The van der Waals surface area contributed by atoms with Crippen LogP contribution in [0.2, 0.25) is 5.02 Å². The first-order valence-electron chi connectivity index (χ1n) is 11.7. The predicted octanol–water partition coefficient (Wildman–Crippen LogP) is 5.19. The zero-order valence-corrected chi connectivity index (χ0v) is 21.5. The normalized spacial score (nSPS) is 14.9. The molecule has 0 spiro atoms. The summed E-state index contributed by atoms with van der Waals surface area (Å²) in [7, 11) is -3.28. The van der Waals surface area contributed by atoms with Gasteiger partial charge in [-0.15, -0.1) is 0 Å². The highest BCUT2D eigenvalue weighted by Gasteiger charge is 2.35. The summed E-state index contributed by atoms with van der Waals surface area (Å²) in [5.74, 6) is 0.0357. The number of carbonyl (C=O) groups is 2. The van der Waals surface area contributed by atoms with E-state index in [2.05, 4.69) is 15.3 Å². The van der Waals surface area contributed by atoms with Gasteiger partial charge in [-0.05, 0) is 37.0 Å². The molecule has 34 heavy (non-hydrogen) atoms. The van der Waals surface area contributed by atoms with Gasteiger partial charge in [0.15, 0.2) is 0 Å². The molecule has 1 unspecified atom stereocenters. The molecule has 0 fully saturated rings. The number of anilines is 2. The van der Waals surface area contributed by atoms with Gasteiger partial charge in [-0.2, -0.15) is 0 Å². The van der Waals surface area contributed by atoms with Crippen molar-refractivity contribution in [2.75, 3.05) is 16.0 Å². The molecule has 1 aliphatic rings. The Labute approximate surface area is 206 Å². The Bertz CT molecular complexity index is 1150. The van der Waals surface area contributed by atoms with Crippen LogP contribution in [0.25, 0.3) is 0 Å². The molecule has 1 atom stereocenters. The minimum Gasteiger partial charge on any atom is -0.310 e. The monoisotopic (exact) mass is 505 g/mol. The van der Waals surface area contributed by atoms with E-state index < -0.39 is 9.73 Å². The summed E-state index contributed by atoms with van der Waals surface area (Å²) in [5, 5.41) is 3.32. The Morgan fingerprint density at radius 2 is 1.79 bits per heavy atom. The molecule has 3 rings (SSSR count). The van der Waals surface area contributed by atoms with Gasteiger partial charge in [-0.1, -0.05) is 57.3 Å². The largest absolute Gasteiger partial charge is 0.310 e. The van der Waals surface area contributed by atoms with Gasteiger partial charge in [0.2, 0.25) is 17.0 Å². The fraction of sp³-hybridized carbons (Fsp3) is 0.500. The van der Waals surface area contributed by atoms with E-state index in [-0.39, 0.29) is 47.4 Å². The number of nitrogens with zero attached hydrogens (tertiary/aromatic N) is 3. The summed E-state index contributed by atoms with van der Waals surface area (Å²) in [6.07, 6.45) is 3.77. The van der Waals surface area contributed by atoms with Crippen LogP contribution in [0.5, 0.6) is 0 Å². The number of hydrogen-bond donors (Lipinski definition) is 2. The number of fused-ring (bicyclic) bond motifs is 1. The number of aromatic nitrogens is 2. The minimum atomic E-state index is -3.28. The van der Waals surface area contributed by atoms with Gasteiger partial charge in [0.25, 0.3) is 0 Å². The quantitative estimate of drug-likeness (QED) is 0.407. The minimum absolute atomic E-state index is 0.0258. The third-order valence-electron chi connectivity index (χ3n) is 5.78. The van der Waals surface area contributed by atoms with Gasteiger partial charge >= 0.3 is 0 Å². The molecule has 0 aliphatic carbocycles. The van der Waals surface area contributed by atoms with Crippen molar-refractivity contribution in [3.8, 4) is 0 Å². The van der Waals surface area contributed by atoms with Crippen molar-refractivity contribution < 1.29 is 13.8 Å². The Morgan fingerprint density at radius 3 is 2.38 bits per heavy atom. The van der Waals surface area contributed by atoms with Crippen LogP contribution < -0.4 is 10.2 Å². The Kier molecular flexibility index (Phi) is 8.65. The smallest absolute Gasteiger partial charge is 0.233 e. The van der Waals surface area contributed by atoms with Crippen molar-refractivity contribution in [3.05, 3.63) is 40.4 Å². The summed E-state index contributed by atoms with van der Waals surface area (Å²) in [6.45, 7) is 6.14. The van der Waals surface area contributed by atoms with Gasteiger partial charge in [0.05, 0.1) is 13.0 Å². The second kappa shape index (κ2) is 11.3. The van der Waals surface area contributed by atoms with Gasteiger partial charge in [-0.25, -0.2) is 19.0 Å². The van der Waals surface area contributed by atoms with E-state index in [4.69, 9.17) is 16.4 Å². The van der Waals surface area contributed by atoms with Crippen molar-refractivity contribution >= 4 is 44.8 Å². The van der Waals surface area contributed by atoms with Gasteiger partial charge < -0.3 is 5.32 Å². The summed E-state index contributed by atoms with van der Waals surface area (Å²) >= 11 is 5.98. The third-order valence-corrected chi connectivity index (χ3v) is 7.78. The van der Waals surface area contributed by atoms with Crippen molar-refractivity contribution in [3.63, 3.8) is 0 Å². The SMILES string of the molecule is CCCC(CCC)C(=O)Nc1nc(S(=N)(=O)CCC)nc2c1CC(=O)N2Cc1ccc(Cl)cc1. The van der Waals surface area contributed by atoms with Crippen molar-refractivity contribution in [1.29, 1.82) is 4.78 Å². The molecule has 2 N–H and O–H groups in total. The molecule has 2 aromatic rings. The lowest BCUT2D eigenvalue weighted by atomic mass is 9.97. The predicted molar refractivity (Wildman–Crippen MR) is 135 cm³/mol. The fourth-order valence-electron chi connectivity index (χ4n) is 4.09. The van der Waals surface area contributed by atoms with Crippen LogP contribution in [0.3, 0.4) is 0 Å². The van der Waals surface area contributed by atoms with E-state index in [9.17, 15) is 13.8 Å². The summed E-state index contributed by atoms with van der Waals surface area (Å²) < 4.78 is 21.4. The highest BCUT2D eigenvalue weighted by atomic mass is 35.5. The fourth-order valence-corrected chi connectivity index (χ4v) is 5.45. The van der Waals surface area contributed by atoms with Crippen LogP contribution in [0.1, 0.15) is 64.0 Å². The molecule has 1 aromatic heterocycles. The maximum Gasteiger partial charge on any atom is 0.233 e. The Hall–Kier alpha value is -2.52. The first kappa shape index (κ1) is 26.1. The number of carbonyl (C=O) groups excluding carboxylic acids is 2. The molecule has 0 saturated heterocycles. The van der Waals surface area contributed by atoms with Crippen molar-refractivity contribution in [2.45, 2.75) is 71.0 Å². The third kappa shape index (κ3) is 5.93. The van der Waals surface area contributed by atoms with E-state index >= 15 is 0 Å². The average molecular weight is 506 g/mol. The van der Waals surface area contributed by atoms with Crippen LogP contribution >= 0.6 is 11.6 Å². The van der Waals surface area contributed by atoms with Crippen LogP contribution in [0, 0.1) is 10.7 Å². The maximum atomic E-state index is 13.1. The lowest BCUT2D eigenvalue weighted by Gasteiger charge is -2.19. The highest BCUT2D eigenvalue weighted by Crippen LogP contribution is 2.35. The second-order valence-corrected chi connectivity index (χ2v) is 11.1. The number of hydrogen-bond acceptors (Lipinski definition) is 6. The molecule has 2 amide bonds. The Balaban J connectivity index is 2.04. The summed E-state index contributed by atoms with van der Waals surface area (Å²) in [4.78, 5) is 36.3.